The van der Waals surface area contributed by atoms with Gasteiger partial charge in [0.1, 0.15) is 5.01 Å². The Morgan fingerprint density at radius 3 is 2.82 bits per heavy atom. The molecule has 0 spiro atoms. The number of ether oxygens (including phenoxy) is 1. The molecule has 3 rings (SSSR count). The first-order valence-corrected chi connectivity index (χ1v) is 7.32. The van der Waals surface area contributed by atoms with E-state index >= 15 is 0 Å². The molecule has 0 saturated heterocycles. The molecule has 2 aliphatic rings. The zero-order chi connectivity index (χ0) is 11.9. The molecule has 2 N–H and O–H groups in total. The van der Waals surface area contributed by atoms with Crippen molar-refractivity contribution in [3.8, 4) is 0 Å². The topological polar surface area (TPSA) is 48.1 Å². The number of hydrogen-bond acceptors (Lipinski definition) is 4. The van der Waals surface area contributed by atoms with E-state index in [1.807, 2.05) is 11.3 Å². The number of aromatic nitrogens is 1. The molecular weight excluding hydrogens is 232 g/mol. The molecule has 0 aromatic carbocycles. The van der Waals surface area contributed by atoms with Crippen LogP contribution in [0.25, 0.3) is 0 Å². The number of aryl methyl sites for hydroxylation is 2. The van der Waals surface area contributed by atoms with Gasteiger partial charge in [0.25, 0.3) is 0 Å². The minimum Gasteiger partial charge on any atom is -0.382 e. The average molecular weight is 252 g/mol. The predicted molar refractivity (Wildman–Crippen MR) is 69.2 cm³/mol. The van der Waals surface area contributed by atoms with Gasteiger partial charge in [-0.3, -0.25) is 0 Å². The number of hydrogen-bond donors (Lipinski definition) is 1. The van der Waals surface area contributed by atoms with Gasteiger partial charge in [-0.25, -0.2) is 4.98 Å². The minimum absolute atomic E-state index is 0.323. The Hall–Kier alpha value is -0.450. The SMILES string of the molecule is COCC(N)(c1nc2c(s1)CCCC2)C1CC1. The molecule has 0 amide bonds. The zero-order valence-corrected chi connectivity index (χ0v) is 11.2. The van der Waals surface area contributed by atoms with Crippen LogP contribution in [0.15, 0.2) is 0 Å². The Labute approximate surface area is 106 Å². The summed E-state index contributed by atoms with van der Waals surface area (Å²) < 4.78 is 5.34. The van der Waals surface area contributed by atoms with Crippen molar-refractivity contribution in [1.82, 2.24) is 4.98 Å². The van der Waals surface area contributed by atoms with Crippen molar-refractivity contribution in [1.29, 1.82) is 0 Å². The number of rotatable bonds is 4. The number of nitrogens with two attached hydrogens (primary N) is 1. The molecule has 0 aliphatic heterocycles. The maximum Gasteiger partial charge on any atom is 0.116 e. The van der Waals surface area contributed by atoms with Gasteiger partial charge >= 0.3 is 0 Å². The highest BCUT2D eigenvalue weighted by atomic mass is 32.1. The molecule has 1 saturated carbocycles. The van der Waals surface area contributed by atoms with E-state index in [9.17, 15) is 0 Å². The third-order valence-electron chi connectivity index (χ3n) is 3.93. The molecule has 2 aliphatic carbocycles. The monoisotopic (exact) mass is 252 g/mol. The van der Waals surface area contributed by atoms with Crippen molar-refractivity contribution in [3.63, 3.8) is 0 Å². The van der Waals surface area contributed by atoms with Crippen LogP contribution in [0.5, 0.6) is 0 Å². The highest BCUT2D eigenvalue weighted by molar-refractivity contribution is 7.11. The number of fused-ring (bicyclic) bond motifs is 1. The van der Waals surface area contributed by atoms with Gasteiger partial charge in [0, 0.05) is 12.0 Å². The van der Waals surface area contributed by atoms with Crippen LogP contribution < -0.4 is 5.73 Å². The van der Waals surface area contributed by atoms with E-state index < -0.39 is 0 Å². The van der Waals surface area contributed by atoms with Crippen LogP contribution in [-0.2, 0) is 23.1 Å². The number of nitrogens with zero attached hydrogens (tertiary/aromatic N) is 1. The zero-order valence-electron chi connectivity index (χ0n) is 10.4. The van der Waals surface area contributed by atoms with Crippen molar-refractivity contribution in [3.05, 3.63) is 15.6 Å². The van der Waals surface area contributed by atoms with Gasteiger partial charge in [0.15, 0.2) is 0 Å². The fourth-order valence-corrected chi connectivity index (χ4v) is 4.06. The lowest BCUT2D eigenvalue weighted by Crippen LogP contribution is -2.43. The van der Waals surface area contributed by atoms with E-state index in [2.05, 4.69) is 0 Å². The molecule has 0 radical (unpaired) electrons. The largest absolute Gasteiger partial charge is 0.382 e. The summed E-state index contributed by atoms with van der Waals surface area (Å²) in [6.07, 6.45) is 7.37. The van der Waals surface area contributed by atoms with Crippen LogP contribution in [-0.4, -0.2) is 18.7 Å². The molecule has 94 valence electrons. The molecular formula is C13H20N2OS. The van der Waals surface area contributed by atoms with Gasteiger partial charge in [-0.15, -0.1) is 11.3 Å². The van der Waals surface area contributed by atoms with Crippen LogP contribution in [0.2, 0.25) is 0 Å². The van der Waals surface area contributed by atoms with Gasteiger partial charge in [-0.1, -0.05) is 0 Å². The Morgan fingerprint density at radius 1 is 1.41 bits per heavy atom. The third-order valence-corrected chi connectivity index (χ3v) is 5.28. The van der Waals surface area contributed by atoms with E-state index in [1.54, 1.807) is 7.11 Å². The van der Waals surface area contributed by atoms with Crippen molar-refractivity contribution < 1.29 is 4.74 Å². The first kappa shape index (κ1) is 11.6. The summed E-state index contributed by atoms with van der Waals surface area (Å²) in [5, 5.41) is 1.12. The van der Waals surface area contributed by atoms with Crippen molar-refractivity contribution in [2.24, 2.45) is 11.7 Å². The van der Waals surface area contributed by atoms with E-state index in [4.69, 9.17) is 15.5 Å². The Bertz CT molecular complexity index is 390. The fourth-order valence-electron chi connectivity index (χ4n) is 2.74. The van der Waals surface area contributed by atoms with Crippen LogP contribution in [0.3, 0.4) is 0 Å². The summed E-state index contributed by atoms with van der Waals surface area (Å²) in [6, 6.07) is 0. The van der Waals surface area contributed by atoms with E-state index in [0.29, 0.717) is 12.5 Å². The van der Waals surface area contributed by atoms with Crippen LogP contribution >= 0.6 is 11.3 Å². The van der Waals surface area contributed by atoms with E-state index in [1.165, 1.54) is 42.7 Å². The average Bonchev–Trinajstić information content (AvgIpc) is 3.08. The Morgan fingerprint density at radius 2 is 2.18 bits per heavy atom. The standard InChI is InChI=1S/C13H20N2OS/c1-16-8-13(14,9-6-7-9)12-15-10-4-2-3-5-11(10)17-12/h9H,2-8,14H2,1H3. The second kappa shape index (κ2) is 4.34. The molecule has 4 heteroatoms. The van der Waals surface area contributed by atoms with Gasteiger partial charge in [0.05, 0.1) is 17.8 Å². The highest BCUT2D eigenvalue weighted by Crippen LogP contribution is 2.46. The summed E-state index contributed by atoms with van der Waals surface area (Å²) in [7, 11) is 1.73. The van der Waals surface area contributed by atoms with Crippen LogP contribution in [0.4, 0.5) is 0 Å². The number of methoxy groups -OCH3 is 1. The molecule has 3 nitrogen and oxygen atoms in total. The Balaban J connectivity index is 1.92. The smallest absolute Gasteiger partial charge is 0.116 e. The fraction of sp³-hybridized carbons (Fsp3) is 0.769. The first-order valence-electron chi connectivity index (χ1n) is 6.51. The van der Waals surface area contributed by atoms with Gasteiger partial charge in [0.2, 0.25) is 0 Å². The van der Waals surface area contributed by atoms with Gasteiger partial charge < -0.3 is 10.5 Å². The lowest BCUT2D eigenvalue weighted by molar-refractivity contribution is 0.119. The second-order valence-electron chi connectivity index (χ2n) is 5.34. The van der Waals surface area contributed by atoms with E-state index in [-0.39, 0.29) is 5.54 Å². The maximum atomic E-state index is 6.57. The molecule has 17 heavy (non-hydrogen) atoms. The van der Waals surface area contributed by atoms with Crippen LogP contribution in [0, 0.1) is 5.92 Å². The van der Waals surface area contributed by atoms with Gasteiger partial charge in [-0.05, 0) is 44.4 Å². The normalized spacial score (nSPS) is 23.2. The lowest BCUT2D eigenvalue weighted by atomic mass is 9.96. The molecule has 1 aromatic rings. The number of thiazole rings is 1. The summed E-state index contributed by atoms with van der Waals surface area (Å²) in [4.78, 5) is 6.29. The Kier molecular flexibility index (Phi) is 2.97. The first-order chi connectivity index (χ1) is 8.24. The van der Waals surface area contributed by atoms with Crippen molar-refractivity contribution in [2.75, 3.05) is 13.7 Å². The quantitative estimate of drug-likeness (QED) is 0.894. The molecule has 0 bridgehead atoms. The van der Waals surface area contributed by atoms with E-state index in [0.717, 1.165) is 11.4 Å². The minimum atomic E-state index is -0.323. The third kappa shape index (κ3) is 2.02. The molecule has 1 heterocycles. The molecule has 1 aromatic heterocycles. The van der Waals surface area contributed by atoms with Gasteiger partial charge in [-0.2, -0.15) is 0 Å². The highest BCUT2D eigenvalue weighted by Gasteiger charge is 2.46. The summed E-state index contributed by atoms with van der Waals surface area (Å²) in [6.45, 7) is 0.601. The maximum absolute atomic E-state index is 6.57. The summed E-state index contributed by atoms with van der Waals surface area (Å²) >= 11 is 1.83. The molecule has 1 atom stereocenters. The molecule has 1 fully saturated rings. The predicted octanol–water partition coefficient (Wildman–Crippen LogP) is 2.23. The second-order valence-corrected chi connectivity index (χ2v) is 6.43. The lowest BCUT2D eigenvalue weighted by Gasteiger charge is -2.26. The summed E-state index contributed by atoms with van der Waals surface area (Å²) in [5.41, 5.74) is 7.56. The van der Waals surface area contributed by atoms with Crippen molar-refractivity contribution in [2.45, 2.75) is 44.1 Å². The van der Waals surface area contributed by atoms with Crippen LogP contribution in [0.1, 0.15) is 41.3 Å². The summed E-state index contributed by atoms with van der Waals surface area (Å²) in [5.74, 6) is 0.579. The van der Waals surface area contributed by atoms with Crippen molar-refractivity contribution >= 4 is 11.3 Å². The molecule has 1 unspecified atom stereocenters.